The molecule has 0 spiro atoms. The zero-order valence-corrected chi connectivity index (χ0v) is 12.5. The molecule has 4 heteroatoms. The molecule has 0 radical (unpaired) electrons. The number of aliphatic carboxylic acids is 1. The lowest BCUT2D eigenvalue weighted by molar-refractivity contribution is -0.135. The third-order valence-electron chi connectivity index (χ3n) is 2.62. The predicted octanol–water partition coefficient (Wildman–Crippen LogP) is 3.42. The molecule has 0 aromatic rings. The molecule has 0 heterocycles. The smallest absolute Gasteiger partial charge is 0.337 e. The topological polar surface area (TPSA) is 63.6 Å². The van der Waals surface area contributed by atoms with Gasteiger partial charge >= 0.3 is 11.9 Å². The van der Waals surface area contributed by atoms with E-state index in [0.29, 0.717) is 17.6 Å². The molecule has 4 nitrogen and oxygen atoms in total. The maximum absolute atomic E-state index is 11.4. The maximum atomic E-state index is 11.4. The van der Waals surface area contributed by atoms with Crippen molar-refractivity contribution in [3.05, 3.63) is 47.1 Å². The number of allylic oxidation sites excluding steroid dienone is 5. The first-order valence-electron chi connectivity index (χ1n) is 6.41. The Balaban J connectivity index is 4.43. The van der Waals surface area contributed by atoms with Crippen LogP contribution in [0.3, 0.4) is 0 Å². The molecule has 110 valence electrons. The number of esters is 1. The van der Waals surface area contributed by atoms with Crippen molar-refractivity contribution in [3.8, 4) is 0 Å². The van der Waals surface area contributed by atoms with Crippen LogP contribution in [0.1, 0.15) is 33.6 Å². The second kappa shape index (κ2) is 9.78. The van der Waals surface area contributed by atoms with E-state index in [1.54, 1.807) is 32.1 Å². The van der Waals surface area contributed by atoms with Crippen molar-refractivity contribution in [2.24, 2.45) is 0 Å². The Kier molecular flexibility index (Phi) is 8.75. The van der Waals surface area contributed by atoms with Crippen molar-refractivity contribution in [1.29, 1.82) is 0 Å². The van der Waals surface area contributed by atoms with E-state index < -0.39 is 5.97 Å². The van der Waals surface area contributed by atoms with Gasteiger partial charge in [0.05, 0.1) is 12.7 Å². The van der Waals surface area contributed by atoms with E-state index in [1.165, 1.54) is 7.11 Å². The molecular weight excluding hydrogens is 256 g/mol. The van der Waals surface area contributed by atoms with Gasteiger partial charge in [0.25, 0.3) is 0 Å². The number of rotatable bonds is 7. The van der Waals surface area contributed by atoms with E-state index in [-0.39, 0.29) is 5.97 Å². The first kappa shape index (κ1) is 17.9. The molecule has 0 aromatic carbocycles. The van der Waals surface area contributed by atoms with Crippen molar-refractivity contribution < 1.29 is 19.4 Å². The fraction of sp³-hybridized carbons (Fsp3) is 0.375. The summed E-state index contributed by atoms with van der Waals surface area (Å²) in [5.74, 6) is -1.25. The van der Waals surface area contributed by atoms with E-state index in [0.717, 1.165) is 12.0 Å². The predicted molar refractivity (Wildman–Crippen MR) is 79.3 cm³/mol. The molecule has 0 fully saturated rings. The largest absolute Gasteiger partial charge is 0.478 e. The first-order chi connectivity index (χ1) is 9.42. The molecule has 0 rings (SSSR count). The summed E-state index contributed by atoms with van der Waals surface area (Å²) >= 11 is 0. The highest BCUT2D eigenvalue weighted by Gasteiger charge is 2.04. The second-order valence-corrected chi connectivity index (χ2v) is 4.30. The number of hydrogen-bond acceptors (Lipinski definition) is 3. The SMILES string of the molecule is C\C=C(/C=C(C)/C=C/CC/C=C(\C)C(=O)O)C(=O)OC. The summed E-state index contributed by atoms with van der Waals surface area (Å²) in [5, 5.41) is 8.68. The number of carbonyl (C=O) groups excluding carboxylic acids is 1. The summed E-state index contributed by atoms with van der Waals surface area (Å²) in [6.45, 7) is 5.24. The van der Waals surface area contributed by atoms with Crippen LogP contribution in [0.2, 0.25) is 0 Å². The van der Waals surface area contributed by atoms with E-state index in [1.807, 2.05) is 19.1 Å². The first-order valence-corrected chi connectivity index (χ1v) is 6.41. The maximum Gasteiger partial charge on any atom is 0.337 e. The number of carboxylic acids is 1. The minimum atomic E-state index is -0.888. The van der Waals surface area contributed by atoms with E-state index in [2.05, 4.69) is 4.74 Å². The average molecular weight is 278 g/mol. The van der Waals surface area contributed by atoms with Gasteiger partial charge in [-0.1, -0.05) is 29.9 Å². The molecule has 0 unspecified atom stereocenters. The summed E-state index contributed by atoms with van der Waals surface area (Å²) in [6.07, 6.45) is 10.4. The van der Waals surface area contributed by atoms with Crippen LogP contribution in [0.15, 0.2) is 47.1 Å². The molecule has 0 bridgehead atoms. The van der Waals surface area contributed by atoms with Crippen LogP contribution >= 0.6 is 0 Å². The molecule has 0 saturated heterocycles. The van der Waals surface area contributed by atoms with Crippen LogP contribution < -0.4 is 0 Å². The summed E-state index contributed by atoms with van der Waals surface area (Å²) < 4.78 is 4.66. The number of carbonyl (C=O) groups is 2. The molecule has 0 aliphatic carbocycles. The van der Waals surface area contributed by atoms with Crippen LogP contribution in [-0.2, 0) is 14.3 Å². The molecular formula is C16H22O4. The van der Waals surface area contributed by atoms with Crippen molar-refractivity contribution in [3.63, 3.8) is 0 Å². The van der Waals surface area contributed by atoms with Gasteiger partial charge < -0.3 is 9.84 Å². The van der Waals surface area contributed by atoms with Crippen molar-refractivity contribution in [1.82, 2.24) is 0 Å². The van der Waals surface area contributed by atoms with Gasteiger partial charge in [-0.2, -0.15) is 0 Å². The molecule has 20 heavy (non-hydrogen) atoms. The Morgan fingerprint density at radius 1 is 1.20 bits per heavy atom. The van der Waals surface area contributed by atoms with E-state index in [4.69, 9.17) is 5.11 Å². The lowest BCUT2D eigenvalue weighted by atomic mass is 10.1. The monoisotopic (exact) mass is 278 g/mol. The van der Waals surface area contributed by atoms with Gasteiger partial charge in [0.2, 0.25) is 0 Å². The molecule has 0 amide bonds. The Morgan fingerprint density at radius 2 is 1.85 bits per heavy atom. The molecule has 0 atom stereocenters. The highest BCUT2D eigenvalue weighted by atomic mass is 16.5. The molecule has 0 aliphatic heterocycles. The highest BCUT2D eigenvalue weighted by Crippen LogP contribution is 2.07. The van der Waals surface area contributed by atoms with Gasteiger partial charge in [0.15, 0.2) is 0 Å². The van der Waals surface area contributed by atoms with Gasteiger partial charge in [-0.3, -0.25) is 0 Å². The molecule has 0 aliphatic rings. The van der Waals surface area contributed by atoms with Crippen molar-refractivity contribution >= 4 is 11.9 Å². The number of unbranched alkanes of at least 4 members (excludes halogenated alkanes) is 1. The highest BCUT2D eigenvalue weighted by molar-refractivity contribution is 5.91. The normalized spacial score (nSPS) is 13.7. The Bertz CT molecular complexity index is 465. The Morgan fingerprint density at radius 3 is 2.35 bits per heavy atom. The Labute approximate surface area is 120 Å². The fourth-order valence-electron chi connectivity index (χ4n) is 1.42. The average Bonchev–Trinajstić information content (AvgIpc) is 2.43. The van der Waals surface area contributed by atoms with Crippen LogP contribution in [-0.4, -0.2) is 24.2 Å². The molecule has 1 N–H and O–H groups in total. The zero-order chi connectivity index (χ0) is 15.5. The minimum Gasteiger partial charge on any atom is -0.478 e. The lowest BCUT2D eigenvalue weighted by Crippen LogP contribution is -2.02. The second-order valence-electron chi connectivity index (χ2n) is 4.30. The summed E-state index contributed by atoms with van der Waals surface area (Å²) in [6, 6.07) is 0. The van der Waals surface area contributed by atoms with Crippen molar-refractivity contribution in [2.75, 3.05) is 7.11 Å². The molecule has 0 aromatic heterocycles. The van der Waals surface area contributed by atoms with Gasteiger partial charge in [-0.15, -0.1) is 0 Å². The van der Waals surface area contributed by atoms with E-state index >= 15 is 0 Å². The van der Waals surface area contributed by atoms with Crippen LogP contribution in [0.5, 0.6) is 0 Å². The number of hydrogen-bond donors (Lipinski definition) is 1. The van der Waals surface area contributed by atoms with E-state index in [9.17, 15) is 9.59 Å². The summed E-state index contributed by atoms with van der Waals surface area (Å²) in [7, 11) is 1.35. The summed E-state index contributed by atoms with van der Waals surface area (Å²) in [5.41, 5.74) is 1.80. The van der Waals surface area contributed by atoms with Crippen LogP contribution in [0, 0.1) is 0 Å². The third-order valence-corrected chi connectivity index (χ3v) is 2.62. The zero-order valence-electron chi connectivity index (χ0n) is 12.5. The van der Waals surface area contributed by atoms with Gasteiger partial charge in [-0.25, -0.2) is 9.59 Å². The van der Waals surface area contributed by atoms with Gasteiger partial charge in [-0.05, 0) is 39.7 Å². The van der Waals surface area contributed by atoms with Gasteiger partial charge in [0.1, 0.15) is 0 Å². The van der Waals surface area contributed by atoms with Crippen molar-refractivity contribution in [2.45, 2.75) is 33.6 Å². The van der Waals surface area contributed by atoms with Crippen LogP contribution in [0.4, 0.5) is 0 Å². The van der Waals surface area contributed by atoms with Gasteiger partial charge in [0, 0.05) is 5.57 Å². The molecule has 0 saturated carbocycles. The number of methoxy groups -OCH3 is 1. The third kappa shape index (κ3) is 7.36. The number of carboxylic acid groups (broad SMARTS) is 1. The standard InChI is InChI=1S/C16H22O4/c1-5-14(16(19)20-4)11-12(2)9-7-6-8-10-13(3)15(17)18/h5,7,9-11H,6,8H2,1-4H3,(H,17,18)/b9-7+,12-11+,13-10+,14-5+. The quantitative estimate of drug-likeness (QED) is 0.335. The number of ether oxygens (including phenoxy) is 1. The minimum absolute atomic E-state index is 0.354. The lowest BCUT2D eigenvalue weighted by Gasteiger charge is -1.99. The van der Waals surface area contributed by atoms with Crippen LogP contribution in [0.25, 0.3) is 0 Å². The Hall–Kier alpha value is -2.10. The fourth-order valence-corrected chi connectivity index (χ4v) is 1.42. The summed E-state index contributed by atoms with van der Waals surface area (Å²) in [4.78, 5) is 21.9.